The summed E-state index contributed by atoms with van der Waals surface area (Å²) < 4.78 is 67.9. The first kappa shape index (κ1) is 22.2. The van der Waals surface area contributed by atoms with Crippen LogP contribution in [0.25, 0.3) is 5.95 Å². The summed E-state index contributed by atoms with van der Waals surface area (Å²) in [7, 11) is 0. The molecule has 3 rings (SSSR count). The Morgan fingerprint density at radius 3 is 2.55 bits per heavy atom. The highest BCUT2D eigenvalue weighted by molar-refractivity contribution is 5.97. The highest BCUT2D eigenvalue weighted by Crippen LogP contribution is 2.35. The first-order valence-electron chi connectivity index (χ1n) is 8.94. The third-order valence-corrected chi connectivity index (χ3v) is 4.56. The molecule has 0 fully saturated rings. The van der Waals surface area contributed by atoms with E-state index < -0.39 is 41.0 Å². The van der Waals surface area contributed by atoms with Gasteiger partial charge in [-0.25, -0.2) is 18.7 Å². The number of carbonyl (C=O) groups excluding carboxylic acids is 1. The predicted octanol–water partition coefficient (Wildman–Crippen LogP) is 3.03. The number of alkyl halides is 3. The molecule has 31 heavy (non-hydrogen) atoms. The average Bonchev–Trinajstić information content (AvgIpc) is 3.15. The fourth-order valence-electron chi connectivity index (χ4n) is 3.09. The van der Waals surface area contributed by atoms with Gasteiger partial charge >= 0.3 is 6.18 Å². The molecule has 1 atom stereocenters. The lowest BCUT2D eigenvalue weighted by Crippen LogP contribution is -2.40. The molecule has 0 radical (unpaired) electrons. The molecule has 13 heteroatoms. The lowest BCUT2D eigenvalue weighted by molar-refractivity contribution is -0.129. The molecule has 8 nitrogen and oxygen atoms in total. The largest absolute Gasteiger partial charge is 0.436 e. The van der Waals surface area contributed by atoms with Crippen LogP contribution in [0, 0.1) is 5.82 Å². The van der Waals surface area contributed by atoms with Gasteiger partial charge in [-0.05, 0) is 13.8 Å². The smallest absolute Gasteiger partial charge is 0.330 e. The van der Waals surface area contributed by atoms with E-state index in [-0.39, 0.29) is 18.9 Å². The second kappa shape index (κ2) is 8.32. The molecule has 0 aliphatic carbocycles. The molecule has 2 aromatic rings. The van der Waals surface area contributed by atoms with Crippen LogP contribution in [0.4, 0.5) is 22.0 Å². The van der Waals surface area contributed by atoms with Gasteiger partial charge in [-0.3, -0.25) is 9.79 Å². The molecule has 0 unspecified atom stereocenters. The zero-order valence-corrected chi connectivity index (χ0v) is 16.4. The van der Waals surface area contributed by atoms with Crippen molar-refractivity contribution in [3.63, 3.8) is 0 Å². The van der Waals surface area contributed by atoms with E-state index in [4.69, 9.17) is 0 Å². The Kier molecular flexibility index (Phi) is 5.95. The number of aliphatic imine (C=N–C) groups is 1. The maximum absolute atomic E-state index is 14.4. The van der Waals surface area contributed by atoms with Crippen molar-refractivity contribution in [3.8, 4) is 5.95 Å². The zero-order chi connectivity index (χ0) is 22.9. The van der Waals surface area contributed by atoms with E-state index in [0.29, 0.717) is 11.4 Å². The van der Waals surface area contributed by atoms with Gasteiger partial charge in [0.2, 0.25) is 0 Å². The van der Waals surface area contributed by atoms with Crippen LogP contribution in [-0.2, 0) is 11.2 Å². The summed E-state index contributed by atoms with van der Waals surface area (Å²) in [5.74, 6) is -3.46. The third-order valence-electron chi connectivity index (χ3n) is 4.56. The quantitative estimate of drug-likeness (QED) is 0.315. The monoisotopic (exact) mass is 441 g/mol. The summed E-state index contributed by atoms with van der Waals surface area (Å²) in [5, 5.41) is 7.90. The Hall–Kier alpha value is -3.51. The maximum atomic E-state index is 14.4. The SMILES string of the molecule is C=C(C(=O)N1CCc2c(nnn2-c2ncc(F)cn2)[C@@H]1C)/C(F)=C(\N=CC)C(F)(F)F. The van der Waals surface area contributed by atoms with Crippen LogP contribution in [0.2, 0.25) is 0 Å². The minimum absolute atomic E-state index is 0.0201. The minimum atomic E-state index is -5.10. The fourth-order valence-corrected chi connectivity index (χ4v) is 3.09. The molecular formula is C18H16F5N7O. The Bertz CT molecular complexity index is 1070. The van der Waals surface area contributed by atoms with E-state index in [1.807, 2.05) is 0 Å². The summed E-state index contributed by atoms with van der Waals surface area (Å²) in [4.78, 5) is 24.5. The van der Waals surface area contributed by atoms with E-state index in [0.717, 1.165) is 23.5 Å². The van der Waals surface area contributed by atoms with Crippen molar-refractivity contribution in [2.24, 2.45) is 4.99 Å². The third kappa shape index (κ3) is 4.20. The van der Waals surface area contributed by atoms with Crippen molar-refractivity contribution in [3.05, 3.63) is 53.3 Å². The van der Waals surface area contributed by atoms with E-state index in [1.165, 1.54) is 11.6 Å². The second-order valence-electron chi connectivity index (χ2n) is 6.49. The molecule has 0 saturated carbocycles. The van der Waals surface area contributed by atoms with Gasteiger partial charge in [-0.1, -0.05) is 11.8 Å². The number of halogens is 5. The average molecular weight is 441 g/mol. The van der Waals surface area contributed by atoms with E-state index in [1.54, 1.807) is 6.92 Å². The van der Waals surface area contributed by atoms with Gasteiger partial charge in [0.1, 0.15) is 5.69 Å². The van der Waals surface area contributed by atoms with E-state index >= 15 is 0 Å². The summed E-state index contributed by atoms with van der Waals surface area (Å²) >= 11 is 0. The van der Waals surface area contributed by atoms with Crippen LogP contribution in [0.1, 0.15) is 31.3 Å². The van der Waals surface area contributed by atoms with Gasteiger partial charge < -0.3 is 4.90 Å². The van der Waals surface area contributed by atoms with E-state index in [9.17, 15) is 26.7 Å². The Morgan fingerprint density at radius 1 is 1.32 bits per heavy atom. The Balaban J connectivity index is 1.89. The minimum Gasteiger partial charge on any atom is -0.330 e. The highest BCUT2D eigenvalue weighted by Gasteiger charge is 2.40. The number of hydrogen-bond donors (Lipinski definition) is 0. The number of rotatable bonds is 4. The summed E-state index contributed by atoms with van der Waals surface area (Å²) in [5.41, 5.74) is -1.94. The van der Waals surface area contributed by atoms with Gasteiger partial charge in [0.25, 0.3) is 11.9 Å². The summed E-state index contributed by atoms with van der Waals surface area (Å²) in [6.45, 7) is 5.97. The van der Waals surface area contributed by atoms with Gasteiger partial charge in [0.05, 0.1) is 29.7 Å². The van der Waals surface area contributed by atoms with Crippen LogP contribution in [0.3, 0.4) is 0 Å². The number of carbonyl (C=O) groups is 1. The normalized spacial score (nSPS) is 17.5. The van der Waals surface area contributed by atoms with Crippen LogP contribution in [0.5, 0.6) is 0 Å². The van der Waals surface area contributed by atoms with Crippen LogP contribution < -0.4 is 0 Å². The van der Waals surface area contributed by atoms with Crippen molar-refractivity contribution < 1.29 is 26.7 Å². The molecule has 3 heterocycles. The molecule has 1 amide bonds. The molecule has 2 aromatic heterocycles. The highest BCUT2D eigenvalue weighted by atomic mass is 19.4. The summed E-state index contributed by atoms with van der Waals surface area (Å²) in [6.07, 6.45) is -2.25. The second-order valence-corrected chi connectivity index (χ2v) is 6.49. The lowest BCUT2D eigenvalue weighted by atomic mass is 10.0. The molecular weight excluding hydrogens is 425 g/mol. The van der Waals surface area contributed by atoms with Crippen LogP contribution >= 0.6 is 0 Å². The molecule has 0 N–H and O–H groups in total. The van der Waals surface area contributed by atoms with Gasteiger partial charge in [-0.2, -0.15) is 17.9 Å². The Morgan fingerprint density at radius 2 is 1.97 bits per heavy atom. The number of aromatic nitrogens is 5. The van der Waals surface area contributed by atoms with Crippen molar-refractivity contribution in [1.82, 2.24) is 29.9 Å². The molecule has 0 saturated heterocycles. The van der Waals surface area contributed by atoms with E-state index in [2.05, 4.69) is 31.9 Å². The number of allylic oxidation sites excluding steroid dienone is 1. The fraction of sp³-hybridized carbons (Fsp3) is 0.333. The summed E-state index contributed by atoms with van der Waals surface area (Å²) in [6, 6.07) is -0.751. The van der Waals surface area contributed by atoms with Gasteiger partial charge in [0.15, 0.2) is 17.3 Å². The molecule has 0 bridgehead atoms. The first-order chi connectivity index (χ1) is 14.6. The first-order valence-corrected chi connectivity index (χ1v) is 8.94. The molecule has 164 valence electrons. The number of fused-ring (bicyclic) bond motifs is 1. The van der Waals surface area contributed by atoms with Crippen LogP contribution in [0.15, 0.2) is 41.1 Å². The van der Waals surface area contributed by atoms with Gasteiger partial charge in [0, 0.05) is 19.2 Å². The molecule has 1 aliphatic rings. The van der Waals surface area contributed by atoms with Crippen molar-refractivity contribution in [2.45, 2.75) is 32.5 Å². The molecule has 1 aliphatic heterocycles. The number of amides is 1. The topological polar surface area (TPSA) is 89.2 Å². The van der Waals surface area contributed by atoms with Crippen molar-refractivity contribution >= 4 is 12.1 Å². The molecule has 0 spiro atoms. The van der Waals surface area contributed by atoms with Gasteiger partial charge in [-0.15, -0.1) is 5.10 Å². The molecule has 0 aromatic carbocycles. The van der Waals surface area contributed by atoms with Crippen LogP contribution in [-0.4, -0.2) is 54.7 Å². The van der Waals surface area contributed by atoms with Crippen molar-refractivity contribution in [2.75, 3.05) is 6.54 Å². The standard InChI is InChI=1S/C18H16F5N7O/c1-4-24-15(18(21,22)23)13(20)9(2)16(31)29-6-5-12-14(10(29)3)27-28-30(12)17-25-7-11(19)8-26-17/h4,7-8,10H,2,5-6H2,1,3H3/b15-13+,24-4?/t10-/m0/s1. The predicted molar refractivity (Wildman–Crippen MR) is 98.2 cm³/mol. The lowest BCUT2D eigenvalue weighted by Gasteiger charge is -2.32. The Labute approximate surface area is 172 Å². The zero-order valence-electron chi connectivity index (χ0n) is 16.4. The number of hydrogen-bond acceptors (Lipinski definition) is 6. The van der Waals surface area contributed by atoms with Crippen molar-refractivity contribution in [1.29, 1.82) is 0 Å². The maximum Gasteiger partial charge on any atom is 0.436 e. The number of nitrogens with zero attached hydrogens (tertiary/aromatic N) is 7.